The van der Waals surface area contributed by atoms with Gasteiger partial charge in [-0.2, -0.15) is 0 Å². The molecule has 1 aliphatic carbocycles. The van der Waals surface area contributed by atoms with Crippen molar-refractivity contribution in [1.29, 1.82) is 0 Å². The van der Waals surface area contributed by atoms with Crippen molar-refractivity contribution < 1.29 is 9.90 Å². The van der Waals surface area contributed by atoms with Crippen molar-refractivity contribution in [2.24, 2.45) is 0 Å². The Balaban J connectivity index is 1.81. The SMILES string of the molecule is O=C(O)/C=C/CNC1Cc2ccccc2C1. The highest BCUT2D eigenvalue weighted by molar-refractivity contribution is 5.79. The summed E-state index contributed by atoms with van der Waals surface area (Å²) in [7, 11) is 0. The first-order valence-electron chi connectivity index (χ1n) is 5.45. The van der Waals surface area contributed by atoms with Crippen LogP contribution in [-0.2, 0) is 17.6 Å². The van der Waals surface area contributed by atoms with Gasteiger partial charge in [0.1, 0.15) is 0 Å². The summed E-state index contributed by atoms with van der Waals surface area (Å²) in [5, 5.41) is 11.8. The van der Waals surface area contributed by atoms with Crippen LogP contribution in [0, 0.1) is 0 Å². The van der Waals surface area contributed by atoms with E-state index in [0.717, 1.165) is 12.8 Å². The van der Waals surface area contributed by atoms with Gasteiger partial charge in [0.05, 0.1) is 0 Å². The fourth-order valence-electron chi connectivity index (χ4n) is 2.10. The third-order valence-electron chi connectivity index (χ3n) is 2.84. The molecule has 0 heterocycles. The molecule has 0 aliphatic heterocycles. The molecule has 0 atom stereocenters. The third-order valence-corrected chi connectivity index (χ3v) is 2.84. The van der Waals surface area contributed by atoms with Gasteiger partial charge in [0.15, 0.2) is 0 Å². The molecule has 0 bridgehead atoms. The molecule has 0 spiro atoms. The summed E-state index contributed by atoms with van der Waals surface area (Å²) < 4.78 is 0. The highest BCUT2D eigenvalue weighted by Gasteiger charge is 2.19. The van der Waals surface area contributed by atoms with Gasteiger partial charge in [-0.15, -0.1) is 0 Å². The molecule has 0 fully saturated rings. The Morgan fingerprint density at radius 2 is 2.00 bits per heavy atom. The molecule has 2 N–H and O–H groups in total. The van der Waals surface area contributed by atoms with E-state index in [-0.39, 0.29) is 0 Å². The minimum atomic E-state index is -0.892. The van der Waals surface area contributed by atoms with Gasteiger partial charge in [-0.1, -0.05) is 30.3 Å². The molecule has 3 nitrogen and oxygen atoms in total. The second-order valence-corrected chi connectivity index (χ2v) is 4.02. The predicted octanol–water partition coefficient (Wildman–Crippen LogP) is 1.38. The van der Waals surface area contributed by atoms with Crippen molar-refractivity contribution in [3.8, 4) is 0 Å². The predicted molar refractivity (Wildman–Crippen MR) is 62.4 cm³/mol. The summed E-state index contributed by atoms with van der Waals surface area (Å²) in [4.78, 5) is 10.3. The number of aliphatic carboxylic acids is 1. The minimum absolute atomic E-state index is 0.441. The monoisotopic (exact) mass is 217 g/mol. The van der Waals surface area contributed by atoms with Gasteiger partial charge in [-0.3, -0.25) is 0 Å². The smallest absolute Gasteiger partial charge is 0.328 e. The van der Waals surface area contributed by atoms with Gasteiger partial charge in [-0.05, 0) is 24.0 Å². The first-order chi connectivity index (χ1) is 7.75. The molecule has 0 aromatic heterocycles. The zero-order valence-corrected chi connectivity index (χ0v) is 9.02. The fourth-order valence-corrected chi connectivity index (χ4v) is 2.10. The number of carboxylic acid groups (broad SMARTS) is 1. The van der Waals surface area contributed by atoms with Gasteiger partial charge in [0.25, 0.3) is 0 Å². The third kappa shape index (κ3) is 2.70. The molecule has 0 saturated heterocycles. The van der Waals surface area contributed by atoms with Crippen LogP contribution in [0.3, 0.4) is 0 Å². The number of benzene rings is 1. The molecule has 0 radical (unpaired) electrons. The van der Waals surface area contributed by atoms with Crippen LogP contribution in [0.2, 0.25) is 0 Å². The van der Waals surface area contributed by atoms with E-state index in [2.05, 4.69) is 29.6 Å². The first-order valence-corrected chi connectivity index (χ1v) is 5.45. The minimum Gasteiger partial charge on any atom is -0.478 e. The average molecular weight is 217 g/mol. The highest BCUT2D eigenvalue weighted by Crippen LogP contribution is 2.21. The van der Waals surface area contributed by atoms with Gasteiger partial charge < -0.3 is 10.4 Å². The van der Waals surface area contributed by atoms with E-state index in [9.17, 15) is 4.79 Å². The van der Waals surface area contributed by atoms with Gasteiger partial charge in [-0.25, -0.2) is 4.79 Å². The van der Waals surface area contributed by atoms with E-state index in [1.54, 1.807) is 6.08 Å². The van der Waals surface area contributed by atoms with E-state index in [4.69, 9.17) is 5.11 Å². The summed E-state index contributed by atoms with van der Waals surface area (Å²) >= 11 is 0. The Morgan fingerprint density at radius 3 is 2.56 bits per heavy atom. The van der Waals surface area contributed by atoms with Crippen LogP contribution >= 0.6 is 0 Å². The van der Waals surface area contributed by atoms with Crippen molar-refractivity contribution in [1.82, 2.24) is 5.32 Å². The number of hydrogen-bond acceptors (Lipinski definition) is 2. The van der Waals surface area contributed by atoms with Gasteiger partial charge in [0.2, 0.25) is 0 Å². The second-order valence-electron chi connectivity index (χ2n) is 4.02. The summed E-state index contributed by atoms with van der Waals surface area (Å²) in [6, 6.07) is 8.88. The molecule has 1 aromatic rings. The molecular weight excluding hydrogens is 202 g/mol. The van der Waals surface area contributed by atoms with Crippen molar-refractivity contribution in [2.75, 3.05) is 6.54 Å². The summed E-state index contributed by atoms with van der Waals surface area (Å²) in [6.45, 7) is 0.616. The largest absolute Gasteiger partial charge is 0.478 e. The van der Waals surface area contributed by atoms with Crippen molar-refractivity contribution in [3.63, 3.8) is 0 Å². The number of nitrogens with one attached hydrogen (secondary N) is 1. The number of hydrogen-bond donors (Lipinski definition) is 2. The first kappa shape index (κ1) is 10.9. The van der Waals surface area contributed by atoms with Gasteiger partial charge >= 0.3 is 5.97 Å². The van der Waals surface area contributed by atoms with E-state index in [0.29, 0.717) is 12.6 Å². The second kappa shape index (κ2) is 4.94. The van der Waals surface area contributed by atoms with Crippen LogP contribution in [0.15, 0.2) is 36.4 Å². The zero-order valence-electron chi connectivity index (χ0n) is 9.02. The molecule has 3 heteroatoms. The van der Waals surface area contributed by atoms with E-state index in [1.807, 2.05) is 0 Å². The van der Waals surface area contributed by atoms with Crippen LogP contribution in [0.4, 0.5) is 0 Å². The molecule has 2 rings (SSSR count). The molecule has 1 aromatic carbocycles. The number of fused-ring (bicyclic) bond motifs is 1. The maximum Gasteiger partial charge on any atom is 0.328 e. The lowest BCUT2D eigenvalue weighted by molar-refractivity contribution is -0.131. The Morgan fingerprint density at radius 1 is 1.38 bits per heavy atom. The van der Waals surface area contributed by atoms with E-state index < -0.39 is 5.97 Å². The van der Waals surface area contributed by atoms with E-state index >= 15 is 0 Å². The Labute approximate surface area is 94.8 Å². The Bertz CT molecular complexity index is 387. The van der Waals surface area contributed by atoms with Crippen molar-refractivity contribution >= 4 is 5.97 Å². The molecule has 16 heavy (non-hydrogen) atoms. The lowest BCUT2D eigenvalue weighted by Gasteiger charge is -2.08. The summed E-state index contributed by atoms with van der Waals surface area (Å²) in [6.07, 6.45) is 4.90. The summed E-state index contributed by atoms with van der Waals surface area (Å²) in [5.41, 5.74) is 2.81. The number of carbonyl (C=O) groups is 1. The van der Waals surface area contributed by atoms with Crippen LogP contribution in [0.5, 0.6) is 0 Å². The molecule has 1 aliphatic rings. The van der Waals surface area contributed by atoms with Gasteiger partial charge in [0, 0.05) is 18.7 Å². The van der Waals surface area contributed by atoms with Crippen molar-refractivity contribution in [2.45, 2.75) is 18.9 Å². The van der Waals surface area contributed by atoms with Crippen LogP contribution in [0.1, 0.15) is 11.1 Å². The summed E-state index contributed by atoms with van der Waals surface area (Å²) in [5.74, 6) is -0.892. The fraction of sp³-hybridized carbons (Fsp3) is 0.308. The van der Waals surface area contributed by atoms with E-state index in [1.165, 1.54) is 17.2 Å². The van der Waals surface area contributed by atoms with Crippen LogP contribution in [-0.4, -0.2) is 23.7 Å². The maximum atomic E-state index is 10.3. The van der Waals surface area contributed by atoms with Crippen molar-refractivity contribution in [3.05, 3.63) is 47.5 Å². The number of carboxylic acids is 1. The van der Waals surface area contributed by atoms with Crippen LogP contribution < -0.4 is 5.32 Å². The average Bonchev–Trinajstić information content (AvgIpc) is 2.66. The quantitative estimate of drug-likeness (QED) is 0.749. The Hall–Kier alpha value is -1.61. The zero-order chi connectivity index (χ0) is 11.4. The molecule has 0 amide bonds. The molecule has 0 unspecified atom stereocenters. The topological polar surface area (TPSA) is 49.3 Å². The molecular formula is C13H15NO2. The van der Waals surface area contributed by atoms with Crippen LogP contribution in [0.25, 0.3) is 0 Å². The highest BCUT2D eigenvalue weighted by atomic mass is 16.4. The Kier molecular flexibility index (Phi) is 3.37. The molecule has 0 saturated carbocycles. The maximum absolute atomic E-state index is 10.3. The number of rotatable bonds is 4. The molecule has 84 valence electrons. The normalized spacial score (nSPS) is 15.5. The lowest BCUT2D eigenvalue weighted by Crippen LogP contribution is -2.29. The lowest BCUT2D eigenvalue weighted by atomic mass is 10.1. The standard InChI is InChI=1S/C13H15NO2/c15-13(16)6-3-7-14-12-8-10-4-1-2-5-11(10)9-12/h1-6,12,14H,7-9H2,(H,15,16)/b6-3+.